The first kappa shape index (κ1) is 10.5. The summed E-state index contributed by atoms with van der Waals surface area (Å²) in [5, 5.41) is 2.61. The molecular weight excluding hydrogens is 192 g/mol. The fourth-order valence-corrected chi connectivity index (χ4v) is 2.67. The van der Waals surface area contributed by atoms with Gasteiger partial charge in [-0.15, -0.1) is 0 Å². The number of hydrogen-bond donors (Lipinski definition) is 1. The molecule has 13 heavy (non-hydrogen) atoms. The van der Waals surface area contributed by atoms with Crippen LogP contribution in [-0.4, -0.2) is 44.0 Å². The zero-order valence-electron chi connectivity index (χ0n) is 7.78. The van der Waals surface area contributed by atoms with Gasteiger partial charge in [-0.05, 0) is 6.42 Å². The highest BCUT2D eigenvalue weighted by molar-refractivity contribution is 7.88. The van der Waals surface area contributed by atoms with Gasteiger partial charge in [0, 0.05) is 13.1 Å². The molecule has 1 N–H and O–H groups in total. The topological polar surface area (TPSA) is 66.5 Å². The van der Waals surface area contributed by atoms with Gasteiger partial charge >= 0.3 is 0 Å². The maximum atomic E-state index is 11.2. The Balaban J connectivity index is 2.84. The Hall–Kier alpha value is -0.620. The molecule has 1 atom stereocenters. The normalized spacial score (nSPS) is 23.6. The summed E-state index contributed by atoms with van der Waals surface area (Å²) in [6.07, 6.45) is 1.70. The minimum atomic E-state index is -3.26. The number of likely N-dealkylation sites (N-methyl/N-ethyl adjacent to an activating group) is 1. The number of amides is 1. The van der Waals surface area contributed by atoms with Gasteiger partial charge < -0.3 is 5.32 Å². The molecule has 76 valence electrons. The number of carbonyl (C=O) groups is 1. The molecule has 1 heterocycles. The summed E-state index contributed by atoms with van der Waals surface area (Å²) in [6.45, 7) is 2.64. The SMILES string of the molecule is CCN(C1CCNC1=O)S(C)(=O)=O. The molecule has 0 aromatic rings. The van der Waals surface area contributed by atoms with E-state index in [-0.39, 0.29) is 5.91 Å². The van der Waals surface area contributed by atoms with E-state index in [1.165, 1.54) is 4.31 Å². The van der Waals surface area contributed by atoms with Crippen molar-refractivity contribution < 1.29 is 13.2 Å². The van der Waals surface area contributed by atoms with Crippen molar-refractivity contribution in [3.8, 4) is 0 Å². The Kier molecular flexibility index (Phi) is 2.92. The van der Waals surface area contributed by atoms with Crippen molar-refractivity contribution in [1.82, 2.24) is 9.62 Å². The summed E-state index contributed by atoms with van der Waals surface area (Å²) in [7, 11) is -3.26. The second-order valence-corrected chi connectivity index (χ2v) is 5.00. The summed E-state index contributed by atoms with van der Waals surface area (Å²) in [5.74, 6) is -0.188. The average molecular weight is 206 g/mol. The van der Waals surface area contributed by atoms with Crippen molar-refractivity contribution >= 4 is 15.9 Å². The fraction of sp³-hybridized carbons (Fsp3) is 0.857. The van der Waals surface area contributed by atoms with Crippen LogP contribution in [0, 0.1) is 0 Å². The number of nitrogens with zero attached hydrogens (tertiary/aromatic N) is 1. The van der Waals surface area contributed by atoms with E-state index in [4.69, 9.17) is 0 Å². The van der Waals surface area contributed by atoms with E-state index < -0.39 is 16.1 Å². The Morgan fingerprint density at radius 3 is 2.54 bits per heavy atom. The van der Waals surface area contributed by atoms with Crippen LogP contribution in [0.15, 0.2) is 0 Å². The number of nitrogens with one attached hydrogen (secondary N) is 1. The minimum absolute atomic E-state index is 0.188. The lowest BCUT2D eigenvalue weighted by Gasteiger charge is -2.22. The van der Waals surface area contributed by atoms with E-state index in [1.807, 2.05) is 0 Å². The zero-order chi connectivity index (χ0) is 10.1. The number of sulfonamides is 1. The molecule has 1 unspecified atom stereocenters. The monoisotopic (exact) mass is 206 g/mol. The van der Waals surface area contributed by atoms with Crippen LogP contribution < -0.4 is 5.32 Å². The van der Waals surface area contributed by atoms with Crippen LogP contribution in [0.3, 0.4) is 0 Å². The van der Waals surface area contributed by atoms with Gasteiger partial charge in [0.25, 0.3) is 0 Å². The summed E-state index contributed by atoms with van der Waals surface area (Å²) in [5.41, 5.74) is 0. The van der Waals surface area contributed by atoms with Crippen LogP contribution in [0.4, 0.5) is 0 Å². The Morgan fingerprint density at radius 2 is 2.23 bits per heavy atom. The Morgan fingerprint density at radius 1 is 1.62 bits per heavy atom. The zero-order valence-corrected chi connectivity index (χ0v) is 8.60. The molecule has 1 rings (SSSR count). The second kappa shape index (κ2) is 3.63. The van der Waals surface area contributed by atoms with Crippen LogP contribution in [0.1, 0.15) is 13.3 Å². The van der Waals surface area contributed by atoms with Crippen molar-refractivity contribution in [2.24, 2.45) is 0 Å². The minimum Gasteiger partial charge on any atom is -0.355 e. The quantitative estimate of drug-likeness (QED) is 0.654. The molecule has 0 bridgehead atoms. The largest absolute Gasteiger partial charge is 0.355 e. The van der Waals surface area contributed by atoms with Crippen molar-refractivity contribution in [3.05, 3.63) is 0 Å². The van der Waals surface area contributed by atoms with E-state index in [2.05, 4.69) is 5.32 Å². The lowest BCUT2D eigenvalue weighted by Crippen LogP contribution is -2.43. The van der Waals surface area contributed by atoms with Crippen molar-refractivity contribution in [2.45, 2.75) is 19.4 Å². The van der Waals surface area contributed by atoms with Gasteiger partial charge in [-0.25, -0.2) is 8.42 Å². The third-order valence-electron chi connectivity index (χ3n) is 2.10. The van der Waals surface area contributed by atoms with Gasteiger partial charge in [0.15, 0.2) is 0 Å². The first-order chi connectivity index (χ1) is 5.96. The van der Waals surface area contributed by atoms with Gasteiger partial charge in [-0.3, -0.25) is 4.79 Å². The molecule has 0 saturated carbocycles. The molecule has 5 nitrogen and oxygen atoms in total. The smallest absolute Gasteiger partial charge is 0.238 e. The molecule has 0 aromatic carbocycles. The lowest BCUT2D eigenvalue weighted by atomic mass is 10.2. The third kappa shape index (κ3) is 2.19. The first-order valence-corrected chi connectivity index (χ1v) is 6.06. The van der Waals surface area contributed by atoms with Gasteiger partial charge in [-0.1, -0.05) is 6.92 Å². The van der Waals surface area contributed by atoms with E-state index in [0.29, 0.717) is 19.5 Å². The van der Waals surface area contributed by atoms with Gasteiger partial charge in [-0.2, -0.15) is 4.31 Å². The van der Waals surface area contributed by atoms with Crippen molar-refractivity contribution in [1.29, 1.82) is 0 Å². The highest BCUT2D eigenvalue weighted by Crippen LogP contribution is 2.12. The van der Waals surface area contributed by atoms with Crippen molar-refractivity contribution in [2.75, 3.05) is 19.3 Å². The molecule has 1 fully saturated rings. The van der Waals surface area contributed by atoms with Crippen LogP contribution in [-0.2, 0) is 14.8 Å². The summed E-state index contributed by atoms with van der Waals surface area (Å²) >= 11 is 0. The number of carbonyl (C=O) groups excluding carboxylic acids is 1. The molecule has 1 amide bonds. The number of rotatable bonds is 3. The van der Waals surface area contributed by atoms with Crippen molar-refractivity contribution in [3.63, 3.8) is 0 Å². The van der Waals surface area contributed by atoms with Crippen LogP contribution in [0.25, 0.3) is 0 Å². The highest BCUT2D eigenvalue weighted by Gasteiger charge is 2.34. The maximum absolute atomic E-state index is 11.2. The van der Waals surface area contributed by atoms with E-state index in [0.717, 1.165) is 6.26 Å². The highest BCUT2D eigenvalue weighted by atomic mass is 32.2. The van der Waals surface area contributed by atoms with Crippen LogP contribution >= 0.6 is 0 Å². The maximum Gasteiger partial charge on any atom is 0.238 e. The van der Waals surface area contributed by atoms with E-state index >= 15 is 0 Å². The molecule has 0 aliphatic carbocycles. The summed E-state index contributed by atoms with van der Waals surface area (Å²) < 4.78 is 23.7. The predicted molar refractivity (Wildman–Crippen MR) is 48.6 cm³/mol. The first-order valence-electron chi connectivity index (χ1n) is 4.21. The molecule has 6 heteroatoms. The molecule has 1 aliphatic heterocycles. The van der Waals surface area contributed by atoms with Gasteiger partial charge in [0.1, 0.15) is 6.04 Å². The summed E-state index contributed by atoms with van der Waals surface area (Å²) in [6, 6.07) is -0.500. The number of hydrogen-bond acceptors (Lipinski definition) is 3. The predicted octanol–water partition coefficient (Wildman–Crippen LogP) is -0.844. The van der Waals surface area contributed by atoms with E-state index in [9.17, 15) is 13.2 Å². The molecular formula is C7H14N2O3S. The third-order valence-corrected chi connectivity index (χ3v) is 3.47. The van der Waals surface area contributed by atoms with Gasteiger partial charge in [0.05, 0.1) is 6.26 Å². The fourth-order valence-electron chi connectivity index (χ4n) is 1.54. The Labute approximate surface area is 78.2 Å². The second-order valence-electron chi connectivity index (χ2n) is 3.06. The van der Waals surface area contributed by atoms with Crippen LogP contribution in [0.2, 0.25) is 0 Å². The van der Waals surface area contributed by atoms with Gasteiger partial charge in [0.2, 0.25) is 15.9 Å². The molecule has 0 radical (unpaired) electrons. The molecule has 1 aliphatic rings. The standard InChI is InChI=1S/C7H14N2O3S/c1-3-9(13(2,11)12)6-4-5-8-7(6)10/h6H,3-5H2,1-2H3,(H,8,10). The lowest BCUT2D eigenvalue weighted by molar-refractivity contribution is -0.122. The molecule has 1 saturated heterocycles. The van der Waals surface area contributed by atoms with E-state index in [1.54, 1.807) is 6.92 Å². The molecule has 0 aromatic heterocycles. The molecule has 0 spiro atoms. The average Bonchev–Trinajstić information content (AvgIpc) is 2.35. The Bertz CT molecular complexity index is 299. The van der Waals surface area contributed by atoms with Crippen LogP contribution in [0.5, 0.6) is 0 Å². The summed E-state index contributed by atoms with van der Waals surface area (Å²) in [4.78, 5) is 11.2.